The highest BCUT2D eigenvalue weighted by atomic mass is 32.2. The number of hydrogen-bond acceptors (Lipinski definition) is 5. The van der Waals surface area contributed by atoms with Crippen molar-refractivity contribution in [2.75, 3.05) is 38.2 Å². The molecule has 7 nitrogen and oxygen atoms in total. The minimum absolute atomic E-state index is 0.0966. The van der Waals surface area contributed by atoms with Crippen molar-refractivity contribution >= 4 is 21.7 Å². The first kappa shape index (κ1) is 26.4. The van der Waals surface area contributed by atoms with Gasteiger partial charge in [-0.25, -0.2) is 8.42 Å². The van der Waals surface area contributed by atoms with E-state index in [4.69, 9.17) is 0 Å². The molecule has 2 amide bonds. The molecule has 2 heterocycles. The lowest BCUT2D eigenvalue weighted by Gasteiger charge is -2.32. The number of benzene rings is 2. The molecule has 0 saturated carbocycles. The maximum atomic E-state index is 13.1. The molecule has 2 aliphatic heterocycles. The summed E-state index contributed by atoms with van der Waals surface area (Å²) in [6, 6.07) is 17.2. The normalized spacial score (nSPS) is 17.7. The molecule has 0 aromatic heterocycles. The highest BCUT2D eigenvalue weighted by Gasteiger charge is 2.36. The van der Waals surface area contributed by atoms with Gasteiger partial charge in [-0.15, -0.1) is 0 Å². The summed E-state index contributed by atoms with van der Waals surface area (Å²) in [4.78, 5) is 30.0. The average Bonchev–Trinajstić information content (AvgIpc) is 3.19. The molecule has 4 rings (SSSR count). The molecule has 2 aromatic rings. The Morgan fingerprint density at radius 1 is 1.06 bits per heavy atom. The van der Waals surface area contributed by atoms with E-state index in [1.807, 2.05) is 12.1 Å². The summed E-state index contributed by atoms with van der Waals surface area (Å²) in [5.41, 5.74) is 2.87. The number of likely N-dealkylation sites (tertiary alicyclic amines) is 1. The number of hydrogen-bond donors (Lipinski definition) is 1. The quantitative estimate of drug-likeness (QED) is 0.469. The summed E-state index contributed by atoms with van der Waals surface area (Å²) in [6.45, 7) is 3.90. The fourth-order valence-electron chi connectivity index (χ4n) is 5.28. The standard InChI is InChI=1S/C28H37N3O4S/c1-36(34,35)19-14-26(31-21-24-10-5-6-11-25(24)28(31)33)27(32)29-15-7-16-30-17-12-23(13-18-30)20-22-8-3-2-4-9-22/h2-6,8-11,23,26H,7,12-21H2,1H3,(H,29,32)/t26-/m0/s1. The number of carbonyl (C=O) groups is 2. The smallest absolute Gasteiger partial charge is 0.255 e. The first-order valence-corrected chi connectivity index (χ1v) is 15.0. The maximum Gasteiger partial charge on any atom is 0.255 e. The Labute approximate surface area is 214 Å². The maximum absolute atomic E-state index is 13.1. The molecule has 2 aliphatic rings. The van der Waals surface area contributed by atoms with Crippen molar-refractivity contribution in [3.05, 3.63) is 71.3 Å². The van der Waals surface area contributed by atoms with Gasteiger partial charge < -0.3 is 15.1 Å². The van der Waals surface area contributed by atoms with Crippen LogP contribution in [0.3, 0.4) is 0 Å². The molecule has 1 saturated heterocycles. The minimum atomic E-state index is -3.26. The van der Waals surface area contributed by atoms with Gasteiger partial charge in [0.15, 0.2) is 0 Å². The van der Waals surface area contributed by atoms with Gasteiger partial charge in [-0.05, 0) is 74.8 Å². The van der Waals surface area contributed by atoms with E-state index in [9.17, 15) is 18.0 Å². The van der Waals surface area contributed by atoms with Gasteiger partial charge in [-0.2, -0.15) is 0 Å². The molecule has 1 N–H and O–H groups in total. The third-order valence-electron chi connectivity index (χ3n) is 7.31. The van der Waals surface area contributed by atoms with Gasteiger partial charge in [0, 0.05) is 24.9 Å². The van der Waals surface area contributed by atoms with E-state index in [1.165, 1.54) is 23.3 Å². The van der Waals surface area contributed by atoms with Gasteiger partial charge in [-0.3, -0.25) is 9.59 Å². The molecule has 1 atom stereocenters. The van der Waals surface area contributed by atoms with Crippen molar-refractivity contribution in [3.63, 3.8) is 0 Å². The summed E-state index contributed by atoms with van der Waals surface area (Å²) in [5, 5.41) is 2.97. The van der Waals surface area contributed by atoms with E-state index in [0.29, 0.717) is 18.7 Å². The second-order valence-electron chi connectivity index (χ2n) is 10.1. The summed E-state index contributed by atoms with van der Waals surface area (Å²) in [7, 11) is -3.26. The van der Waals surface area contributed by atoms with Crippen LogP contribution in [0, 0.1) is 5.92 Å². The predicted molar refractivity (Wildman–Crippen MR) is 141 cm³/mol. The van der Waals surface area contributed by atoms with Gasteiger partial charge in [0.05, 0.1) is 5.75 Å². The second kappa shape index (κ2) is 12.0. The monoisotopic (exact) mass is 511 g/mol. The minimum Gasteiger partial charge on any atom is -0.354 e. The second-order valence-corrected chi connectivity index (χ2v) is 12.4. The number of amides is 2. The third-order valence-corrected chi connectivity index (χ3v) is 8.29. The number of nitrogens with zero attached hydrogens (tertiary/aromatic N) is 2. The van der Waals surface area contributed by atoms with Crippen LogP contribution in [0.25, 0.3) is 0 Å². The average molecular weight is 512 g/mol. The van der Waals surface area contributed by atoms with Crippen molar-refractivity contribution in [2.45, 2.75) is 44.7 Å². The third kappa shape index (κ3) is 7.17. The highest BCUT2D eigenvalue weighted by molar-refractivity contribution is 7.90. The first-order chi connectivity index (χ1) is 17.3. The van der Waals surface area contributed by atoms with E-state index in [0.717, 1.165) is 50.2 Å². The number of fused-ring (bicyclic) bond motifs is 1. The number of carbonyl (C=O) groups excluding carboxylic acids is 2. The summed E-state index contributed by atoms with van der Waals surface area (Å²) >= 11 is 0. The number of rotatable bonds is 11. The van der Waals surface area contributed by atoms with E-state index >= 15 is 0 Å². The van der Waals surface area contributed by atoms with Gasteiger partial charge in [-0.1, -0.05) is 48.5 Å². The zero-order valence-corrected chi connectivity index (χ0v) is 21.9. The van der Waals surface area contributed by atoms with Gasteiger partial charge >= 0.3 is 0 Å². The van der Waals surface area contributed by atoms with E-state index in [2.05, 4.69) is 40.5 Å². The van der Waals surface area contributed by atoms with E-state index < -0.39 is 15.9 Å². The van der Waals surface area contributed by atoms with Crippen molar-refractivity contribution in [2.24, 2.45) is 5.92 Å². The van der Waals surface area contributed by atoms with Crippen molar-refractivity contribution in [1.82, 2.24) is 15.1 Å². The van der Waals surface area contributed by atoms with Gasteiger partial charge in [0.1, 0.15) is 15.9 Å². The van der Waals surface area contributed by atoms with Crippen molar-refractivity contribution < 1.29 is 18.0 Å². The molecule has 8 heteroatoms. The molecule has 194 valence electrons. The Kier molecular flexibility index (Phi) is 8.80. The fraction of sp³-hybridized carbons (Fsp3) is 0.500. The van der Waals surface area contributed by atoms with Crippen LogP contribution in [-0.2, 0) is 27.6 Å². The fourth-order valence-corrected chi connectivity index (χ4v) is 5.93. The number of sulfone groups is 1. The summed E-state index contributed by atoms with van der Waals surface area (Å²) in [6.07, 6.45) is 5.59. The Morgan fingerprint density at radius 3 is 2.44 bits per heavy atom. The molecule has 0 radical (unpaired) electrons. The molecular weight excluding hydrogens is 474 g/mol. The van der Waals surface area contributed by atoms with Gasteiger partial charge in [0.2, 0.25) is 5.91 Å². The number of piperidine rings is 1. The van der Waals surface area contributed by atoms with Crippen LogP contribution < -0.4 is 5.32 Å². The van der Waals surface area contributed by atoms with Crippen molar-refractivity contribution in [3.8, 4) is 0 Å². The largest absolute Gasteiger partial charge is 0.354 e. The molecule has 2 aromatic carbocycles. The molecule has 0 unspecified atom stereocenters. The van der Waals surface area contributed by atoms with E-state index in [-0.39, 0.29) is 24.0 Å². The van der Waals surface area contributed by atoms with Gasteiger partial charge in [0.25, 0.3) is 5.91 Å². The van der Waals surface area contributed by atoms with Crippen LogP contribution in [0.2, 0.25) is 0 Å². The Morgan fingerprint density at radius 2 is 1.75 bits per heavy atom. The molecule has 1 fully saturated rings. The lowest BCUT2D eigenvalue weighted by atomic mass is 9.90. The molecule has 36 heavy (non-hydrogen) atoms. The van der Waals surface area contributed by atoms with Crippen LogP contribution in [0.4, 0.5) is 0 Å². The van der Waals surface area contributed by atoms with Crippen molar-refractivity contribution in [1.29, 1.82) is 0 Å². The molecule has 0 spiro atoms. The number of nitrogens with one attached hydrogen (secondary N) is 1. The van der Waals surface area contributed by atoms with Crippen LogP contribution >= 0.6 is 0 Å². The highest BCUT2D eigenvalue weighted by Crippen LogP contribution is 2.26. The SMILES string of the molecule is CS(=O)(=O)CC[C@@H](C(=O)NCCCN1CCC(Cc2ccccc2)CC1)N1Cc2ccccc2C1=O. The predicted octanol–water partition coefficient (Wildman–Crippen LogP) is 2.91. The Bertz CT molecular complexity index is 1140. The van der Waals surface area contributed by atoms with Crippen LogP contribution in [-0.4, -0.2) is 74.3 Å². The lowest BCUT2D eigenvalue weighted by Crippen LogP contribution is -2.48. The van der Waals surface area contributed by atoms with Crippen LogP contribution in [0.15, 0.2) is 54.6 Å². The topological polar surface area (TPSA) is 86.8 Å². The van der Waals surface area contributed by atoms with E-state index in [1.54, 1.807) is 12.1 Å². The van der Waals surface area contributed by atoms with Crippen LogP contribution in [0.5, 0.6) is 0 Å². The first-order valence-electron chi connectivity index (χ1n) is 12.9. The molecular formula is C28H37N3O4S. The lowest BCUT2D eigenvalue weighted by molar-refractivity contribution is -0.125. The molecule has 0 aliphatic carbocycles. The van der Waals surface area contributed by atoms with Crippen LogP contribution in [0.1, 0.15) is 47.2 Å². The summed E-state index contributed by atoms with van der Waals surface area (Å²) in [5.74, 6) is 0.100. The Hall–Kier alpha value is -2.71. The molecule has 0 bridgehead atoms. The zero-order chi connectivity index (χ0) is 25.5. The zero-order valence-electron chi connectivity index (χ0n) is 21.1. The summed E-state index contributed by atoms with van der Waals surface area (Å²) < 4.78 is 23.6. The Balaban J connectivity index is 1.23.